The van der Waals surface area contributed by atoms with Gasteiger partial charge in [0, 0.05) is 37.9 Å². The number of hydrogen-bond acceptors (Lipinski definition) is 5. The van der Waals surface area contributed by atoms with Gasteiger partial charge in [0.05, 0.1) is 9.80 Å². The minimum absolute atomic E-state index is 0.0177. The van der Waals surface area contributed by atoms with Gasteiger partial charge in [-0.3, -0.25) is 14.9 Å². The number of nitrogens with zero attached hydrogens (tertiary/aromatic N) is 3. The second kappa shape index (κ2) is 8.66. The summed E-state index contributed by atoms with van der Waals surface area (Å²) in [5.41, 5.74) is 2.22. The standard InChI is InChI=1S/C19H22N4O3S2/c1-13(2)14-3-5-15(6-4-14)20-19(27)22-11-9-21(10-12-22)18(24)16-7-8-17(28-16)23(25)26/h3-8,13H,9-12H2,1-2H3,(H,20,27). The van der Waals surface area contributed by atoms with Crippen LogP contribution in [0.5, 0.6) is 0 Å². The van der Waals surface area contributed by atoms with E-state index in [4.69, 9.17) is 12.2 Å². The van der Waals surface area contributed by atoms with Crippen LogP contribution in [0.15, 0.2) is 36.4 Å². The van der Waals surface area contributed by atoms with Crippen LogP contribution in [0.25, 0.3) is 0 Å². The number of benzene rings is 1. The van der Waals surface area contributed by atoms with E-state index in [0.29, 0.717) is 42.1 Å². The Kier molecular flexibility index (Phi) is 6.25. The van der Waals surface area contributed by atoms with Crippen molar-refractivity contribution < 1.29 is 9.72 Å². The molecule has 1 aliphatic rings. The highest BCUT2D eigenvalue weighted by atomic mass is 32.1. The van der Waals surface area contributed by atoms with Gasteiger partial charge in [0.15, 0.2) is 5.11 Å². The average molecular weight is 419 g/mol. The SMILES string of the molecule is CC(C)c1ccc(NC(=S)N2CCN(C(=O)c3ccc([N+](=O)[O-])s3)CC2)cc1. The second-order valence-electron chi connectivity index (χ2n) is 6.88. The van der Waals surface area contributed by atoms with E-state index in [2.05, 4.69) is 31.3 Å². The van der Waals surface area contributed by atoms with Crippen LogP contribution in [0.3, 0.4) is 0 Å². The zero-order valence-electron chi connectivity index (χ0n) is 15.8. The van der Waals surface area contributed by atoms with Gasteiger partial charge in [-0.25, -0.2) is 0 Å². The van der Waals surface area contributed by atoms with E-state index in [1.54, 1.807) is 4.90 Å². The minimum Gasteiger partial charge on any atom is -0.345 e. The molecule has 0 saturated carbocycles. The van der Waals surface area contributed by atoms with Crippen molar-refractivity contribution in [1.82, 2.24) is 9.80 Å². The monoisotopic (exact) mass is 418 g/mol. The highest BCUT2D eigenvalue weighted by molar-refractivity contribution is 7.80. The van der Waals surface area contributed by atoms with Gasteiger partial charge in [-0.1, -0.05) is 37.3 Å². The zero-order valence-corrected chi connectivity index (χ0v) is 17.4. The topological polar surface area (TPSA) is 78.7 Å². The molecule has 0 aliphatic carbocycles. The molecule has 1 amide bonds. The van der Waals surface area contributed by atoms with Gasteiger partial charge in [0.25, 0.3) is 5.91 Å². The number of nitro groups is 1. The molecule has 2 heterocycles. The van der Waals surface area contributed by atoms with Crippen molar-refractivity contribution in [3.8, 4) is 0 Å². The molecule has 1 aromatic heterocycles. The van der Waals surface area contributed by atoms with Gasteiger partial charge in [-0.15, -0.1) is 0 Å². The third-order valence-corrected chi connectivity index (χ3v) is 6.05. The fourth-order valence-corrected chi connectivity index (χ4v) is 4.05. The van der Waals surface area contributed by atoms with Crippen LogP contribution >= 0.6 is 23.6 Å². The summed E-state index contributed by atoms with van der Waals surface area (Å²) in [7, 11) is 0. The molecule has 1 N–H and O–H groups in total. The van der Waals surface area contributed by atoms with Crippen molar-refractivity contribution >= 4 is 45.3 Å². The number of amides is 1. The Morgan fingerprint density at radius 1 is 1.11 bits per heavy atom. The van der Waals surface area contributed by atoms with Gasteiger partial charge in [-0.2, -0.15) is 0 Å². The Morgan fingerprint density at radius 2 is 1.71 bits per heavy atom. The van der Waals surface area contributed by atoms with E-state index in [1.165, 1.54) is 17.7 Å². The van der Waals surface area contributed by atoms with Crippen LogP contribution in [-0.2, 0) is 0 Å². The normalized spacial score (nSPS) is 14.2. The minimum atomic E-state index is -0.475. The lowest BCUT2D eigenvalue weighted by molar-refractivity contribution is -0.380. The first-order chi connectivity index (χ1) is 13.3. The predicted octanol–water partition coefficient (Wildman–Crippen LogP) is 3.93. The summed E-state index contributed by atoms with van der Waals surface area (Å²) in [5, 5.41) is 14.7. The molecule has 1 aromatic carbocycles. The summed E-state index contributed by atoms with van der Waals surface area (Å²) in [6.07, 6.45) is 0. The van der Waals surface area contributed by atoms with E-state index >= 15 is 0 Å². The van der Waals surface area contributed by atoms with Crippen LogP contribution in [0.4, 0.5) is 10.7 Å². The summed E-state index contributed by atoms with van der Waals surface area (Å²) in [6.45, 7) is 6.60. The first-order valence-corrected chi connectivity index (χ1v) is 10.3. The number of piperazine rings is 1. The summed E-state index contributed by atoms with van der Waals surface area (Å²) in [5.74, 6) is 0.317. The highest BCUT2D eigenvalue weighted by Gasteiger charge is 2.25. The van der Waals surface area contributed by atoms with Crippen LogP contribution in [0.2, 0.25) is 0 Å². The van der Waals surface area contributed by atoms with E-state index in [1.807, 2.05) is 17.0 Å². The van der Waals surface area contributed by atoms with Gasteiger partial charge < -0.3 is 15.1 Å². The van der Waals surface area contributed by atoms with Crippen molar-refractivity contribution in [2.45, 2.75) is 19.8 Å². The lowest BCUT2D eigenvalue weighted by Gasteiger charge is -2.36. The van der Waals surface area contributed by atoms with Crippen molar-refractivity contribution in [2.24, 2.45) is 0 Å². The molecule has 2 aromatic rings. The summed E-state index contributed by atoms with van der Waals surface area (Å²) in [4.78, 5) is 27.0. The quantitative estimate of drug-likeness (QED) is 0.460. The molecular formula is C19H22N4O3S2. The molecule has 3 rings (SSSR count). The molecule has 1 fully saturated rings. The fourth-order valence-electron chi connectivity index (χ4n) is 2.96. The maximum atomic E-state index is 12.5. The Balaban J connectivity index is 1.53. The number of anilines is 1. The Bertz CT molecular complexity index is 872. The zero-order chi connectivity index (χ0) is 20.3. The first kappa shape index (κ1) is 20.2. The Labute approximate surface area is 173 Å². The number of thiophene rings is 1. The molecule has 9 heteroatoms. The molecule has 7 nitrogen and oxygen atoms in total. The van der Waals surface area contributed by atoms with Crippen LogP contribution in [-0.4, -0.2) is 51.9 Å². The molecule has 0 bridgehead atoms. The van der Waals surface area contributed by atoms with E-state index in [-0.39, 0.29) is 10.9 Å². The van der Waals surface area contributed by atoms with E-state index in [9.17, 15) is 14.9 Å². The first-order valence-electron chi connectivity index (χ1n) is 9.04. The summed E-state index contributed by atoms with van der Waals surface area (Å²) < 4.78 is 0. The van der Waals surface area contributed by atoms with E-state index < -0.39 is 4.92 Å². The maximum Gasteiger partial charge on any atom is 0.324 e. The molecule has 0 spiro atoms. The number of carbonyl (C=O) groups is 1. The lowest BCUT2D eigenvalue weighted by Crippen LogP contribution is -2.51. The number of thiocarbonyl (C=S) groups is 1. The number of carbonyl (C=O) groups excluding carboxylic acids is 1. The molecule has 0 atom stereocenters. The second-order valence-corrected chi connectivity index (χ2v) is 8.33. The van der Waals surface area contributed by atoms with E-state index in [0.717, 1.165) is 17.0 Å². The molecule has 28 heavy (non-hydrogen) atoms. The predicted molar refractivity (Wildman–Crippen MR) is 115 cm³/mol. The van der Waals surface area contributed by atoms with Gasteiger partial charge in [0.1, 0.15) is 0 Å². The third-order valence-electron chi connectivity index (χ3n) is 4.67. The molecule has 1 saturated heterocycles. The Morgan fingerprint density at radius 3 is 2.25 bits per heavy atom. The fraction of sp³-hybridized carbons (Fsp3) is 0.368. The Hall–Kier alpha value is -2.52. The third kappa shape index (κ3) is 4.66. The van der Waals surface area contributed by atoms with Gasteiger partial charge in [-0.05, 0) is 41.9 Å². The molecular weight excluding hydrogens is 396 g/mol. The molecule has 148 valence electrons. The number of rotatable bonds is 4. The van der Waals surface area contributed by atoms with Crippen LogP contribution in [0, 0.1) is 10.1 Å². The van der Waals surface area contributed by atoms with Crippen LogP contribution < -0.4 is 5.32 Å². The van der Waals surface area contributed by atoms with Crippen molar-refractivity contribution in [3.63, 3.8) is 0 Å². The smallest absolute Gasteiger partial charge is 0.324 e. The molecule has 0 unspecified atom stereocenters. The number of hydrogen-bond donors (Lipinski definition) is 1. The highest BCUT2D eigenvalue weighted by Crippen LogP contribution is 2.25. The van der Waals surface area contributed by atoms with Gasteiger partial charge in [0.2, 0.25) is 0 Å². The molecule has 0 radical (unpaired) electrons. The summed E-state index contributed by atoms with van der Waals surface area (Å²) >= 11 is 6.42. The van der Waals surface area contributed by atoms with Gasteiger partial charge >= 0.3 is 5.00 Å². The van der Waals surface area contributed by atoms with Crippen molar-refractivity contribution in [1.29, 1.82) is 0 Å². The lowest BCUT2D eigenvalue weighted by atomic mass is 10.0. The largest absolute Gasteiger partial charge is 0.345 e. The van der Waals surface area contributed by atoms with Crippen LogP contribution in [0.1, 0.15) is 35.0 Å². The average Bonchev–Trinajstić information content (AvgIpc) is 3.18. The summed E-state index contributed by atoms with van der Waals surface area (Å²) in [6, 6.07) is 11.1. The maximum absolute atomic E-state index is 12.5. The van der Waals surface area contributed by atoms with Crippen molar-refractivity contribution in [3.05, 3.63) is 57.0 Å². The van der Waals surface area contributed by atoms with Crippen molar-refractivity contribution in [2.75, 3.05) is 31.5 Å². The number of nitrogens with one attached hydrogen (secondary N) is 1. The molecule has 1 aliphatic heterocycles.